The number of rotatable bonds is 7. The quantitative estimate of drug-likeness (QED) is 0.388. The minimum atomic E-state index is -0.422. The van der Waals surface area contributed by atoms with Crippen molar-refractivity contribution in [1.29, 1.82) is 5.41 Å². The minimum Gasteiger partial charge on any atom is -0.381 e. The lowest BCUT2D eigenvalue weighted by molar-refractivity contribution is -0.137. The fourth-order valence-corrected chi connectivity index (χ4v) is 4.22. The maximum atomic E-state index is 12.8. The second-order valence-corrected chi connectivity index (χ2v) is 8.21. The van der Waals surface area contributed by atoms with E-state index in [0.717, 1.165) is 24.8 Å². The second-order valence-electron chi connectivity index (χ2n) is 8.21. The van der Waals surface area contributed by atoms with Gasteiger partial charge in [-0.05, 0) is 25.7 Å². The predicted octanol–water partition coefficient (Wildman–Crippen LogP) is 1.07. The topological polar surface area (TPSA) is 137 Å². The van der Waals surface area contributed by atoms with Crippen LogP contribution in [0.2, 0.25) is 0 Å². The van der Waals surface area contributed by atoms with Crippen LogP contribution >= 0.6 is 0 Å². The average molecular weight is 416 g/mol. The standard InChI is InChI=1S/C21H33N7O2/c22-19(23)20-25-11-15(12-26-20)13-27-21(30)17-9-6-10-28(17)18(29)14-24-16-7-4-2-1-3-5-8-16/h11-12,16-17,24H,1-10,13-14H2,(H3,22,23)(H,27,30)/t17-/m0/s1. The molecule has 1 aromatic rings. The van der Waals surface area contributed by atoms with E-state index in [4.69, 9.17) is 11.1 Å². The van der Waals surface area contributed by atoms with Crippen LogP contribution in [0.4, 0.5) is 0 Å². The van der Waals surface area contributed by atoms with Crippen LogP contribution in [-0.2, 0) is 16.1 Å². The highest BCUT2D eigenvalue weighted by Gasteiger charge is 2.33. The number of nitrogen functional groups attached to an aromatic ring is 1. The van der Waals surface area contributed by atoms with Crippen LogP contribution in [0.1, 0.15) is 69.2 Å². The summed E-state index contributed by atoms with van der Waals surface area (Å²) in [5.41, 5.74) is 6.06. The van der Waals surface area contributed by atoms with Gasteiger partial charge < -0.3 is 21.3 Å². The van der Waals surface area contributed by atoms with E-state index in [1.807, 2.05) is 0 Å². The zero-order valence-corrected chi connectivity index (χ0v) is 17.5. The molecule has 3 rings (SSSR count). The lowest BCUT2D eigenvalue weighted by Crippen LogP contribution is -2.49. The first-order valence-corrected chi connectivity index (χ1v) is 11.0. The molecule has 2 amide bonds. The van der Waals surface area contributed by atoms with Crippen molar-refractivity contribution >= 4 is 17.6 Å². The van der Waals surface area contributed by atoms with Gasteiger partial charge in [-0.1, -0.05) is 32.1 Å². The zero-order valence-electron chi connectivity index (χ0n) is 17.5. The number of carbonyl (C=O) groups excluding carboxylic acids is 2. The highest BCUT2D eigenvalue weighted by molar-refractivity contribution is 5.91. The van der Waals surface area contributed by atoms with E-state index in [2.05, 4.69) is 20.6 Å². The van der Waals surface area contributed by atoms with Gasteiger partial charge in [0.25, 0.3) is 0 Å². The van der Waals surface area contributed by atoms with E-state index >= 15 is 0 Å². The van der Waals surface area contributed by atoms with Crippen molar-refractivity contribution in [3.63, 3.8) is 0 Å². The van der Waals surface area contributed by atoms with E-state index in [9.17, 15) is 9.59 Å². The fourth-order valence-electron chi connectivity index (χ4n) is 4.22. The van der Waals surface area contributed by atoms with Crippen molar-refractivity contribution in [2.75, 3.05) is 13.1 Å². The Bertz CT molecular complexity index is 729. The minimum absolute atomic E-state index is 0.00357. The molecule has 1 atom stereocenters. The summed E-state index contributed by atoms with van der Waals surface area (Å²) in [6, 6.07) is -0.0175. The largest absolute Gasteiger partial charge is 0.381 e. The number of nitrogens with two attached hydrogens (primary N) is 1. The lowest BCUT2D eigenvalue weighted by atomic mass is 9.97. The predicted molar refractivity (Wildman–Crippen MR) is 114 cm³/mol. The summed E-state index contributed by atoms with van der Waals surface area (Å²) < 4.78 is 0. The van der Waals surface area contributed by atoms with Crippen molar-refractivity contribution in [3.8, 4) is 0 Å². The Morgan fingerprint density at radius 2 is 1.73 bits per heavy atom. The van der Waals surface area contributed by atoms with E-state index in [1.165, 1.54) is 32.1 Å². The maximum absolute atomic E-state index is 12.8. The molecule has 0 aromatic carbocycles. The summed E-state index contributed by atoms with van der Waals surface area (Å²) in [5.74, 6) is -0.181. The van der Waals surface area contributed by atoms with Gasteiger partial charge in [-0.2, -0.15) is 0 Å². The summed E-state index contributed by atoms with van der Waals surface area (Å²) in [6.07, 6.45) is 13.2. The molecule has 0 bridgehead atoms. The third-order valence-corrected chi connectivity index (χ3v) is 5.94. The number of aromatic nitrogens is 2. The number of amides is 2. The number of hydrogen-bond donors (Lipinski definition) is 4. The van der Waals surface area contributed by atoms with Crippen LogP contribution in [-0.4, -0.2) is 57.7 Å². The Hall–Kier alpha value is -2.55. The van der Waals surface area contributed by atoms with E-state index < -0.39 is 6.04 Å². The summed E-state index contributed by atoms with van der Waals surface area (Å²) in [4.78, 5) is 35.1. The molecule has 0 spiro atoms. The van der Waals surface area contributed by atoms with Gasteiger partial charge in [-0.15, -0.1) is 0 Å². The van der Waals surface area contributed by atoms with E-state index in [1.54, 1.807) is 17.3 Å². The van der Waals surface area contributed by atoms with Gasteiger partial charge in [0.15, 0.2) is 11.7 Å². The zero-order chi connectivity index (χ0) is 21.3. The first-order valence-electron chi connectivity index (χ1n) is 11.0. The smallest absolute Gasteiger partial charge is 0.243 e. The molecule has 30 heavy (non-hydrogen) atoms. The molecular formula is C21H33N7O2. The normalized spacial score (nSPS) is 20.4. The van der Waals surface area contributed by atoms with Gasteiger partial charge in [-0.25, -0.2) is 9.97 Å². The monoisotopic (exact) mass is 415 g/mol. The first-order chi connectivity index (χ1) is 14.5. The lowest BCUT2D eigenvalue weighted by Gasteiger charge is -2.26. The molecule has 1 saturated heterocycles. The molecule has 1 aliphatic carbocycles. The third-order valence-electron chi connectivity index (χ3n) is 5.94. The summed E-state index contributed by atoms with van der Waals surface area (Å²) >= 11 is 0. The number of likely N-dealkylation sites (tertiary alicyclic amines) is 1. The van der Waals surface area contributed by atoms with E-state index in [0.29, 0.717) is 25.6 Å². The van der Waals surface area contributed by atoms with Crippen molar-refractivity contribution in [1.82, 2.24) is 25.5 Å². The number of nitrogens with zero attached hydrogens (tertiary/aromatic N) is 3. The number of amidine groups is 1. The number of hydrogen-bond acceptors (Lipinski definition) is 6. The highest BCUT2D eigenvalue weighted by Crippen LogP contribution is 2.19. The van der Waals surface area contributed by atoms with Gasteiger partial charge in [0.05, 0.1) is 6.54 Å². The SMILES string of the molecule is N=C(N)c1ncc(CNC(=O)[C@@H]2CCCN2C(=O)CNC2CCCCCCC2)cn1. The Morgan fingerprint density at radius 1 is 1.07 bits per heavy atom. The first kappa shape index (κ1) is 22.1. The summed E-state index contributed by atoms with van der Waals surface area (Å²) in [6.45, 7) is 1.20. The molecule has 2 aliphatic rings. The fraction of sp³-hybridized carbons (Fsp3) is 0.667. The molecule has 5 N–H and O–H groups in total. The second kappa shape index (κ2) is 11.0. The summed E-state index contributed by atoms with van der Waals surface area (Å²) in [5, 5.41) is 13.6. The Morgan fingerprint density at radius 3 is 2.40 bits per heavy atom. The van der Waals surface area contributed by atoms with Crippen molar-refractivity contribution < 1.29 is 9.59 Å². The van der Waals surface area contributed by atoms with Crippen LogP contribution < -0.4 is 16.4 Å². The molecule has 1 aromatic heterocycles. The summed E-state index contributed by atoms with van der Waals surface area (Å²) in [7, 11) is 0. The molecule has 1 aliphatic heterocycles. The van der Waals surface area contributed by atoms with Crippen LogP contribution in [0.15, 0.2) is 12.4 Å². The molecule has 2 fully saturated rings. The van der Waals surface area contributed by atoms with Gasteiger partial charge in [-0.3, -0.25) is 15.0 Å². The van der Waals surface area contributed by atoms with Crippen LogP contribution in [0.3, 0.4) is 0 Å². The molecule has 0 radical (unpaired) electrons. The Labute approximate surface area is 177 Å². The molecule has 0 unspecified atom stereocenters. The van der Waals surface area contributed by atoms with Crippen LogP contribution in [0, 0.1) is 5.41 Å². The average Bonchev–Trinajstić information content (AvgIpc) is 3.21. The van der Waals surface area contributed by atoms with Crippen LogP contribution in [0.5, 0.6) is 0 Å². The van der Waals surface area contributed by atoms with E-state index in [-0.39, 0.29) is 30.0 Å². The molecule has 9 nitrogen and oxygen atoms in total. The Balaban J connectivity index is 1.46. The molecule has 1 saturated carbocycles. The molecule has 9 heteroatoms. The van der Waals surface area contributed by atoms with Crippen molar-refractivity contribution in [2.24, 2.45) is 5.73 Å². The highest BCUT2D eigenvalue weighted by atomic mass is 16.2. The number of carbonyl (C=O) groups is 2. The van der Waals surface area contributed by atoms with Gasteiger partial charge >= 0.3 is 0 Å². The van der Waals surface area contributed by atoms with Crippen molar-refractivity contribution in [3.05, 3.63) is 23.8 Å². The maximum Gasteiger partial charge on any atom is 0.243 e. The molecule has 164 valence electrons. The van der Waals surface area contributed by atoms with Gasteiger partial charge in [0, 0.05) is 37.1 Å². The Kier molecular flexibility index (Phi) is 8.12. The van der Waals surface area contributed by atoms with Gasteiger partial charge in [0.1, 0.15) is 6.04 Å². The third kappa shape index (κ3) is 6.22. The van der Waals surface area contributed by atoms with Crippen molar-refractivity contribution in [2.45, 2.75) is 76.4 Å². The molecular weight excluding hydrogens is 382 g/mol. The van der Waals surface area contributed by atoms with Crippen LogP contribution in [0.25, 0.3) is 0 Å². The van der Waals surface area contributed by atoms with Gasteiger partial charge in [0.2, 0.25) is 11.8 Å². The molecule has 2 heterocycles. The number of nitrogens with one attached hydrogen (secondary N) is 3.